The highest BCUT2D eigenvalue weighted by Gasteiger charge is 2.38. The number of rotatable bonds is 5. The summed E-state index contributed by atoms with van der Waals surface area (Å²) < 4.78 is 0. The zero-order valence-electron chi connectivity index (χ0n) is 17.8. The molecular formula is C23H29N3O3S2. The number of hydrogen-bond donors (Lipinski definition) is 1. The maximum absolute atomic E-state index is 13.6. The summed E-state index contributed by atoms with van der Waals surface area (Å²) in [6, 6.07) is 7.02. The van der Waals surface area contributed by atoms with Crippen LogP contribution in [0, 0.1) is 5.92 Å². The molecule has 2 aliphatic rings. The summed E-state index contributed by atoms with van der Waals surface area (Å²) in [7, 11) is 0. The number of amides is 3. The fourth-order valence-electron chi connectivity index (χ4n) is 4.60. The molecule has 2 fully saturated rings. The second kappa shape index (κ2) is 9.96. The van der Waals surface area contributed by atoms with Gasteiger partial charge in [-0.25, -0.2) is 0 Å². The average Bonchev–Trinajstić information content (AvgIpc) is 3.51. The fourth-order valence-corrected chi connectivity index (χ4v) is 5.92. The van der Waals surface area contributed by atoms with Crippen LogP contribution in [0.5, 0.6) is 0 Å². The summed E-state index contributed by atoms with van der Waals surface area (Å²) in [5, 5.41) is 6.84. The SMILES string of the molecule is CC1CCCCN1C(=O)C(NC(=O)c1cccs1)C1CCN(C(=O)c2cccs2)CC1. The highest BCUT2D eigenvalue weighted by molar-refractivity contribution is 7.12. The first-order valence-electron chi connectivity index (χ1n) is 11.0. The first kappa shape index (κ1) is 22.0. The van der Waals surface area contributed by atoms with Gasteiger partial charge in [0.05, 0.1) is 9.75 Å². The molecule has 2 unspecified atom stereocenters. The molecular weight excluding hydrogens is 430 g/mol. The van der Waals surface area contributed by atoms with E-state index in [0.717, 1.165) is 30.7 Å². The van der Waals surface area contributed by atoms with Gasteiger partial charge in [-0.05, 0) is 67.8 Å². The van der Waals surface area contributed by atoms with Gasteiger partial charge in [-0.2, -0.15) is 0 Å². The lowest BCUT2D eigenvalue weighted by molar-refractivity contribution is -0.138. The summed E-state index contributed by atoms with van der Waals surface area (Å²) in [6.45, 7) is 4.06. The number of hydrogen-bond acceptors (Lipinski definition) is 5. The summed E-state index contributed by atoms with van der Waals surface area (Å²) in [6.07, 6.45) is 4.57. The van der Waals surface area contributed by atoms with Gasteiger partial charge in [-0.15, -0.1) is 22.7 Å². The molecule has 0 radical (unpaired) electrons. The summed E-state index contributed by atoms with van der Waals surface area (Å²) in [5.74, 6) is -0.0724. The Balaban J connectivity index is 1.47. The van der Waals surface area contributed by atoms with E-state index in [1.165, 1.54) is 22.7 Å². The molecule has 0 bridgehead atoms. The monoisotopic (exact) mass is 459 g/mol. The molecule has 0 saturated carbocycles. The predicted molar refractivity (Wildman–Crippen MR) is 124 cm³/mol. The fraction of sp³-hybridized carbons (Fsp3) is 0.522. The lowest BCUT2D eigenvalue weighted by Gasteiger charge is -2.40. The van der Waals surface area contributed by atoms with E-state index in [2.05, 4.69) is 12.2 Å². The summed E-state index contributed by atoms with van der Waals surface area (Å²) in [5.41, 5.74) is 0. The standard InChI is InChI=1S/C23H29N3O3S2/c1-16-6-2-3-11-26(16)23(29)20(24-21(27)18-7-4-14-30-18)17-9-12-25(13-10-17)22(28)19-8-5-15-31-19/h4-5,7-8,14-17,20H,2-3,6,9-13H2,1H3,(H,24,27). The quantitative estimate of drug-likeness (QED) is 0.738. The van der Waals surface area contributed by atoms with Gasteiger partial charge in [-0.3, -0.25) is 14.4 Å². The minimum Gasteiger partial charge on any atom is -0.339 e. The first-order chi connectivity index (χ1) is 15.0. The topological polar surface area (TPSA) is 69.7 Å². The van der Waals surface area contributed by atoms with E-state index in [1.54, 1.807) is 6.07 Å². The number of likely N-dealkylation sites (tertiary alicyclic amines) is 2. The van der Waals surface area contributed by atoms with Crippen molar-refractivity contribution in [2.45, 2.75) is 51.1 Å². The van der Waals surface area contributed by atoms with Crippen molar-refractivity contribution in [3.05, 3.63) is 44.8 Å². The summed E-state index contributed by atoms with van der Waals surface area (Å²) in [4.78, 5) is 44.2. The summed E-state index contributed by atoms with van der Waals surface area (Å²) >= 11 is 2.84. The third-order valence-electron chi connectivity index (χ3n) is 6.41. The van der Waals surface area contributed by atoms with E-state index in [0.29, 0.717) is 30.8 Å². The minimum absolute atomic E-state index is 0.0259. The molecule has 2 aromatic rings. The number of nitrogens with one attached hydrogen (secondary N) is 1. The Bertz CT molecular complexity index is 889. The molecule has 1 N–H and O–H groups in total. The van der Waals surface area contributed by atoms with Crippen LogP contribution in [0.15, 0.2) is 35.0 Å². The molecule has 31 heavy (non-hydrogen) atoms. The van der Waals surface area contributed by atoms with Crippen LogP contribution >= 0.6 is 22.7 Å². The predicted octanol–water partition coefficient (Wildman–Crippen LogP) is 3.86. The van der Waals surface area contributed by atoms with E-state index >= 15 is 0 Å². The van der Waals surface area contributed by atoms with Crippen LogP contribution in [0.3, 0.4) is 0 Å². The largest absolute Gasteiger partial charge is 0.339 e. The van der Waals surface area contributed by atoms with Crippen molar-refractivity contribution in [2.24, 2.45) is 5.92 Å². The van der Waals surface area contributed by atoms with Gasteiger partial charge < -0.3 is 15.1 Å². The second-order valence-electron chi connectivity index (χ2n) is 8.41. The Labute approximate surface area is 191 Å². The van der Waals surface area contributed by atoms with Crippen LogP contribution in [0.4, 0.5) is 0 Å². The van der Waals surface area contributed by atoms with Crippen molar-refractivity contribution in [1.82, 2.24) is 15.1 Å². The highest BCUT2D eigenvalue weighted by atomic mass is 32.1. The Hall–Kier alpha value is -2.19. The maximum atomic E-state index is 13.6. The van der Waals surface area contributed by atoms with Crippen LogP contribution in [0.1, 0.15) is 58.4 Å². The van der Waals surface area contributed by atoms with Crippen LogP contribution < -0.4 is 5.32 Å². The number of carbonyl (C=O) groups excluding carboxylic acids is 3. The second-order valence-corrected chi connectivity index (χ2v) is 10.3. The minimum atomic E-state index is -0.547. The first-order valence-corrected chi connectivity index (χ1v) is 12.8. The molecule has 166 valence electrons. The number of nitrogens with zero attached hydrogens (tertiary/aromatic N) is 2. The van der Waals surface area contributed by atoms with E-state index < -0.39 is 6.04 Å². The molecule has 0 spiro atoms. The van der Waals surface area contributed by atoms with E-state index in [4.69, 9.17) is 0 Å². The Morgan fingerprint density at radius 3 is 2.26 bits per heavy atom. The average molecular weight is 460 g/mol. The zero-order valence-corrected chi connectivity index (χ0v) is 19.4. The number of carbonyl (C=O) groups is 3. The van der Waals surface area contributed by atoms with Crippen molar-refractivity contribution in [1.29, 1.82) is 0 Å². The van der Waals surface area contributed by atoms with Crippen molar-refractivity contribution < 1.29 is 14.4 Å². The molecule has 4 rings (SSSR count). The van der Waals surface area contributed by atoms with Gasteiger partial charge in [0, 0.05) is 25.7 Å². The molecule has 6 nitrogen and oxygen atoms in total. The molecule has 4 heterocycles. The van der Waals surface area contributed by atoms with Gasteiger partial charge in [-0.1, -0.05) is 12.1 Å². The molecule has 2 atom stereocenters. The van der Waals surface area contributed by atoms with Gasteiger partial charge in [0.25, 0.3) is 11.8 Å². The van der Waals surface area contributed by atoms with Crippen molar-refractivity contribution in [3.8, 4) is 0 Å². The third kappa shape index (κ3) is 5.01. The van der Waals surface area contributed by atoms with Gasteiger partial charge in [0.2, 0.25) is 5.91 Å². The number of piperidine rings is 2. The molecule has 0 aromatic carbocycles. The molecule has 0 aliphatic carbocycles. The maximum Gasteiger partial charge on any atom is 0.263 e. The van der Waals surface area contributed by atoms with Gasteiger partial charge in [0.1, 0.15) is 6.04 Å². The van der Waals surface area contributed by atoms with Crippen LogP contribution in [-0.4, -0.2) is 59.2 Å². The molecule has 3 amide bonds. The van der Waals surface area contributed by atoms with Crippen molar-refractivity contribution in [3.63, 3.8) is 0 Å². The van der Waals surface area contributed by atoms with Crippen LogP contribution in [-0.2, 0) is 4.79 Å². The Kier molecular flexibility index (Phi) is 7.07. The molecule has 2 aromatic heterocycles. The normalized spacial score (nSPS) is 21.0. The van der Waals surface area contributed by atoms with Crippen LogP contribution in [0.2, 0.25) is 0 Å². The lowest BCUT2D eigenvalue weighted by atomic mass is 9.87. The van der Waals surface area contributed by atoms with Crippen molar-refractivity contribution >= 4 is 40.4 Å². The van der Waals surface area contributed by atoms with Crippen molar-refractivity contribution in [2.75, 3.05) is 19.6 Å². The highest BCUT2D eigenvalue weighted by Crippen LogP contribution is 2.27. The number of thiophene rings is 2. The smallest absolute Gasteiger partial charge is 0.263 e. The Morgan fingerprint density at radius 2 is 1.65 bits per heavy atom. The van der Waals surface area contributed by atoms with E-state index in [9.17, 15) is 14.4 Å². The van der Waals surface area contributed by atoms with Crippen LogP contribution in [0.25, 0.3) is 0 Å². The molecule has 2 saturated heterocycles. The third-order valence-corrected chi connectivity index (χ3v) is 8.14. The Morgan fingerprint density at radius 1 is 0.968 bits per heavy atom. The lowest BCUT2D eigenvalue weighted by Crippen LogP contribution is -2.57. The van der Waals surface area contributed by atoms with Gasteiger partial charge in [0.15, 0.2) is 0 Å². The molecule has 8 heteroatoms. The zero-order chi connectivity index (χ0) is 21.8. The molecule has 2 aliphatic heterocycles. The van der Waals surface area contributed by atoms with Gasteiger partial charge >= 0.3 is 0 Å². The van der Waals surface area contributed by atoms with E-state index in [1.807, 2.05) is 38.8 Å². The van der Waals surface area contributed by atoms with E-state index in [-0.39, 0.29) is 29.7 Å².